The van der Waals surface area contributed by atoms with Crippen LogP contribution in [0.25, 0.3) is 0 Å². The summed E-state index contributed by atoms with van der Waals surface area (Å²) in [5, 5.41) is 12.1. The molecule has 0 saturated carbocycles. The van der Waals surface area contributed by atoms with Crippen LogP contribution in [0.2, 0.25) is 5.15 Å². The van der Waals surface area contributed by atoms with E-state index in [4.69, 9.17) is 21.3 Å². The molecule has 0 unspecified atom stereocenters. The lowest BCUT2D eigenvalue weighted by atomic mass is 10.3. The third-order valence-electron chi connectivity index (χ3n) is 2.29. The number of oxazole rings is 1. The van der Waals surface area contributed by atoms with Crippen LogP contribution in [-0.2, 0) is 13.0 Å². The van der Waals surface area contributed by atoms with E-state index in [9.17, 15) is 0 Å². The number of nitriles is 1. The summed E-state index contributed by atoms with van der Waals surface area (Å²) in [4.78, 5) is 8.17. The Hall–Kier alpha value is -2.06. The number of aryl methyl sites for hydroxylation is 1. The van der Waals surface area contributed by atoms with Crippen LogP contribution >= 0.6 is 11.6 Å². The minimum Gasteiger partial charge on any atom is -0.444 e. The summed E-state index contributed by atoms with van der Waals surface area (Å²) in [5.74, 6) is 1.94. The van der Waals surface area contributed by atoms with Crippen molar-refractivity contribution >= 4 is 17.4 Å². The second-order valence-electron chi connectivity index (χ2n) is 3.60. The Morgan fingerprint density at radius 2 is 2.33 bits per heavy atom. The van der Waals surface area contributed by atoms with Gasteiger partial charge >= 0.3 is 0 Å². The third-order valence-corrected chi connectivity index (χ3v) is 2.49. The fourth-order valence-corrected chi connectivity index (χ4v) is 1.62. The lowest BCUT2D eigenvalue weighted by Gasteiger charge is -2.03. The van der Waals surface area contributed by atoms with Crippen LogP contribution in [0.1, 0.15) is 24.1 Å². The van der Waals surface area contributed by atoms with E-state index in [2.05, 4.69) is 15.3 Å². The highest BCUT2D eigenvalue weighted by atomic mass is 35.5. The molecule has 0 aliphatic carbocycles. The molecule has 92 valence electrons. The number of rotatable bonds is 4. The zero-order chi connectivity index (χ0) is 13.0. The SMILES string of the molecule is CCc1cnc(CNc2cc(C#N)cc(Cl)n2)o1. The molecule has 18 heavy (non-hydrogen) atoms. The van der Waals surface area contributed by atoms with E-state index >= 15 is 0 Å². The Morgan fingerprint density at radius 1 is 1.50 bits per heavy atom. The molecule has 0 aromatic carbocycles. The normalized spacial score (nSPS) is 10.1. The Kier molecular flexibility index (Phi) is 3.80. The van der Waals surface area contributed by atoms with E-state index in [0.29, 0.717) is 23.8 Å². The Morgan fingerprint density at radius 3 is 3.00 bits per heavy atom. The molecule has 0 radical (unpaired) electrons. The molecule has 5 nitrogen and oxygen atoms in total. The van der Waals surface area contributed by atoms with Crippen LogP contribution in [0.5, 0.6) is 0 Å². The van der Waals surface area contributed by atoms with Crippen molar-refractivity contribution in [2.45, 2.75) is 19.9 Å². The summed E-state index contributed by atoms with van der Waals surface area (Å²) in [7, 11) is 0. The standard InChI is InChI=1S/C12H11ClN4O/c1-2-9-6-16-12(18-9)7-15-11-4-8(5-14)3-10(13)17-11/h3-4,6H,2,7H2,1H3,(H,15,17). The second-order valence-corrected chi connectivity index (χ2v) is 3.99. The molecule has 0 bridgehead atoms. The van der Waals surface area contributed by atoms with Crippen molar-refractivity contribution in [3.8, 4) is 6.07 Å². The fourth-order valence-electron chi connectivity index (χ4n) is 1.41. The zero-order valence-corrected chi connectivity index (χ0v) is 10.5. The van der Waals surface area contributed by atoms with Gasteiger partial charge in [0.05, 0.1) is 24.4 Å². The van der Waals surface area contributed by atoms with Gasteiger partial charge in [-0.3, -0.25) is 0 Å². The van der Waals surface area contributed by atoms with E-state index in [1.54, 1.807) is 12.3 Å². The molecule has 0 aliphatic rings. The molecular formula is C12H11ClN4O. The van der Waals surface area contributed by atoms with Gasteiger partial charge in [0.1, 0.15) is 16.7 Å². The summed E-state index contributed by atoms with van der Waals surface area (Å²) in [5.41, 5.74) is 0.458. The maximum Gasteiger partial charge on any atom is 0.213 e. The monoisotopic (exact) mass is 262 g/mol. The van der Waals surface area contributed by atoms with Crippen molar-refractivity contribution in [3.05, 3.63) is 40.7 Å². The first kappa shape index (κ1) is 12.4. The molecule has 0 amide bonds. The molecule has 2 rings (SSSR count). The predicted molar refractivity (Wildman–Crippen MR) is 67.2 cm³/mol. The second kappa shape index (κ2) is 5.52. The van der Waals surface area contributed by atoms with Gasteiger partial charge in [-0.1, -0.05) is 18.5 Å². The highest BCUT2D eigenvalue weighted by Crippen LogP contribution is 2.14. The highest BCUT2D eigenvalue weighted by molar-refractivity contribution is 6.29. The molecular weight excluding hydrogens is 252 g/mol. The molecule has 0 aliphatic heterocycles. The Bertz CT molecular complexity index is 588. The van der Waals surface area contributed by atoms with Crippen LogP contribution < -0.4 is 5.32 Å². The van der Waals surface area contributed by atoms with Gasteiger partial charge in [0.25, 0.3) is 0 Å². The van der Waals surface area contributed by atoms with Crippen molar-refractivity contribution in [1.29, 1.82) is 5.26 Å². The minimum atomic E-state index is 0.276. The van der Waals surface area contributed by atoms with Crippen molar-refractivity contribution < 1.29 is 4.42 Å². The van der Waals surface area contributed by atoms with Crippen LogP contribution in [0.3, 0.4) is 0 Å². The van der Waals surface area contributed by atoms with Crippen molar-refractivity contribution in [1.82, 2.24) is 9.97 Å². The zero-order valence-electron chi connectivity index (χ0n) is 9.77. The summed E-state index contributed by atoms with van der Waals surface area (Å²) >= 11 is 5.80. The van der Waals surface area contributed by atoms with Gasteiger partial charge in [0, 0.05) is 6.42 Å². The maximum absolute atomic E-state index is 8.81. The number of aromatic nitrogens is 2. The van der Waals surface area contributed by atoms with Crippen molar-refractivity contribution in [2.75, 3.05) is 5.32 Å². The molecule has 0 spiro atoms. The van der Waals surface area contributed by atoms with Crippen LogP contribution in [0, 0.1) is 11.3 Å². The third kappa shape index (κ3) is 2.99. The molecule has 6 heteroatoms. The Labute approximate surface area is 109 Å². The highest BCUT2D eigenvalue weighted by Gasteiger charge is 2.04. The smallest absolute Gasteiger partial charge is 0.213 e. The summed E-state index contributed by atoms with van der Waals surface area (Å²) in [6.07, 6.45) is 2.50. The summed E-state index contributed by atoms with van der Waals surface area (Å²) < 4.78 is 5.44. The molecule has 2 aromatic rings. The lowest BCUT2D eigenvalue weighted by molar-refractivity contribution is 0.465. The number of anilines is 1. The first-order chi connectivity index (χ1) is 8.71. The van der Waals surface area contributed by atoms with Gasteiger partial charge in [-0.05, 0) is 12.1 Å². The van der Waals surface area contributed by atoms with Crippen molar-refractivity contribution in [2.24, 2.45) is 0 Å². The summed E-state index contributed by atoms with van der Waals surface area (Å²) in [6, 6.07) is 5.14. The molecule has 0 saturated heterocycles. The van der Waals surface area contributed by atoms with Gasteiger partial charge in [-0.15, -0.1) is 0 Å². The van der Waals surface area contributed by atoms with E-state index in [1.807, 2.05) is 13.0 Å². The first-order valence-corrected chi connectivity index (χ1v) is 5.84. The topological polar surface area (TPSA) is 74.7 Å². The predicted octanol–water partition coefficient (Wildman–Crippen LogP) is 2.77. The molecule has 0 fully saturated rings. The van der Waals surface area contributed by atoms with Gasteiger partial charge in [0.15, 0.2) is 0 Å². The number of nitrogens with one attached hydrogen (secondary N) is 1. The van der Waals surface area contributed by atoms with Gasteiger partial charge in [-0.2, -0.15) is 5.26 Å². The number of hydrogen-bond donors (Lipinski definition) is 1. The average Bonchev–Trinajstić information content (AvgIpc) is 2.83. The van der Waals surface area contributed by atoms with Crippen LogP contribution in [0.15, 0.2) is 22.7 Å². The fraction of sp³-hybridized carbons (Fsp3) is 0.250. The van der Waals surface area contributed by atoms with E-state index in [-0.39, 0.29) is 5.15 Å². The summed E-state index contributed by atoms with van der Waals surface area (Å²) in [6.45, 7) is 2.40. The van der Waals surface area contributed by atoms with Crippen LogP contribution in [-0.4, -0.2) is 9.97 Å². The first-order valence-electron chi connectivity index (χ1n) is 5.46. The largest absolute Gasteiger partial charge is 0.444 e. The molecule has 1 N–H and O–H groups in total. The van der Waals surface area contributed by atoms with Gasteiger partial charge in [0.2, 0.25) is 5.89 Å². The minimum absolute atomic E-state index is 0.276. The van der Waals surface area contributed by atoms with Crippen LogP contribution in [0.4, 0.5) is 5.82 Å². The number of nitrogens with zero attached hydrogens (tertiary/aromatic N) is 3. The van der Waals surface area contributed by atoms with Gasteiger partial charge in [-0.25, -0.2) is 9.97 Å². The molecule has 0 atom stereocenters. The number of hydrogen-bond acceptors (Lipinski definition) is 5. The van der Waals surface area contributed by atoms with E-state index in [0.717, 1.165) is 12.2 Å². The Balaban J connectivity index is 2.06. The molecule has 2 heterocycles. The van der Waals surface area contributed by atoms with Crippen molar-refractivity contribution in [3.63, 3.8) is 0 Å². The quantitative estimate of drug-likeness (QED) is 0.858. The van der Waals surface area contributed by atoms with E-state index in [1.165, 1.54) is 6.07 Å². The van der Waals surface area contributed by atoms with Gasteiger partial charge < -0.3 is 9.73 Å². The number of pyridine rings is 1. The lowest BCUT2D eigenvalue weighted by Crippen LogP contribution is -2.02. The van der Waals surface area contributed by atoms with E-state index < -0.39 is 0 Å². The number of halogens is 1. The average molecular weight is 263 g/mol. The molecule has 2 aromatic heterocycles. The maximum atomic E-state index is 8.81.